The molecule has 0 N–H and O–H groups in total. The molecule has 0 radical (unpaired) electrons. The van der Waals surface area contributed by atoms with Gasteiger partial charge in [0.2, 0.25) is 0 Å². The van der Waals surface area contributed by atoms with Crippen molar-refractivity contribution in [1.82, 2.24) is 14.5 Å². The van der Waals surface area contributed by atoms with Crippen LogP contribution < -0.4 is 0 Å². The van der Waals surface area contributed by atoms with Crippen LogP contribution in [-0.2, 0) is 0 Å². The summed E-state index contributed by atoms with van der Waals surface area (Å²) in [6.45, 7) is 1.72. The second-order valence-electron chi connectivity index (χ2n) is 4.76. The highest BCUT2D eigenvalue weighted by Crippen LogP contribution is 2.17. The third-order valence-electron chi connectivity index (χ3n) is 3.11. The summed E-state index contributed by atoms with van der Waals surface area (Å²) >= 11 is 5.80. The lowest BCUT2D eigenvalue weighted by atomic mass is 10.2. The van der Waals surface area contributed by atoms with Gasteiger partial charge in [0, 0.05) is 24.0 Å². The van der Waals surface area contributed by atoms with Gasteiger partial charge in [0.25, 0.3) is 0 Å². The van der Waals surface area contributed by atoms with Crippen LogP contribution in [0, 0.1) is 30.4 Å². The van der Waals surface area contributed by atoms with Crippen LogP contribution in [0.25, 0.3) is 5.69 Å². The lowest BCUT2D eigenvalue weighted by molar-refractivity contribution is 0.577. The molecule has 6 heteroatoms. The minimum absolute atomic E-state index is 0.219. The van der Waals surface area contributed by atoms with Crippen LogP contribution in [0.4, 0.5) is 8.78 Å². The minimum Gasteiger partial charge on any atom is -0.300 e. The molecule has 0 aliphatic heterocycles. The van der Waals surface area contributed by atoms with E-state index < -0.39 is 11.6 Å². The maximum Gasteiger partial charge on any atom is 0.150 e. The molecule has 2 aromatic heterocycles. The second-order valence-corrected chi connectivity index (χ2v) is 5.14. The van der Waals surface area contributed by atoms with Crippen molar-refractivity contribution >= 4 is 11.6 Å². The third kappa shape index (κ3) is 3.38. The maximum absolute atomic E-state index is 13.9. The van der Waals surface area contributed by atoms with Gasteiger partial charge < -0.3 is 0 Å². The Hall–Kier alpha value is -2.71. The molecule has 3 aromatic rings. The fourth-order valence-corrected chi connectivity index (χ4v) is 2.24. The first-order valence-corrected chi connectivity index (χ1v) is 7.06. The van der Waals surface area contributed by atoms with Gasteiger partial charge >= 0.3 is 0 Å². The molecule has 0 saturated heterocycles. The molecule has 3 nitrogen and oxygen atoms in total. The van der Waals surface area contributed by atoms with Crippen LogP contribution in [0.15, 0.2) is 42.7 Å². The average molecular weight is 330 g/mol. The Bertz CT molecular complexity index is 938. The van der Waals surface area contributed by atoms with Crippen LogP contribution in [0.2, 0.25) is 5.15 Å². The van der Waals surface area contributed by atoms with Crippen molar-refractivity contribution in [2.24, 2.45) is 0 Å². The fraction of sp³-hybridized carbons (Fsp3) is 0.0588. The molecule has 3 rings (SSSR count). The van der Waals surface area contributed by atoms with Gasteiger partial charge in [0.05, 0.1) is 5.69 Å². The second kappa shape index (κ2) is 6.19. The molecule has 0 fully saturated rings. The summed E-state index contributed by atoms with van der Waals surface area (Å²) in [4.78, 5) is 8.14. The minimum atomic E-state index is -0.661. The molecule has 0 aliphatic carbocycles. The van der Waals surface area contributed by atoms with E-state index in [9.17, 15) is 8.78 Å². The Morgan fingerprint density at radius 3 is 2.70 bits per heavy atom. The number of hydrogen-bond donors (Lipinski definition) is 0. The number of aromatic nitrogens is 3. The Morgan fingerprint density at radius 2 is 1.96 bits per heavy atom. The highest BCUT2D eigenvalue weighted by atomic mass is 35.5. The molecule has 0 aliphatic rings. The highest BCUT2D eigenvalue weighted by Gasteiger charge is 2.10. The predicted molar refractivity (Wildman–Crippen MR) is 83.4 cm³/mol. The van der Waals surface area contributed by atoms with Crippen molar-refractivity contribution in [3.05, 3.63) is 76.6 Å². The van der Waals surface area contributed by atoms with Gasteiger partial charge in [0.1, 0.15) is 28.3 Å². The number of nitrogens with zero attached hydrogens (tertiary/aromatic N) is 3. The number of pyridine rings is 1. The molecule has 0 amide bonds. The van der Waals surface area contributed by atoms with Gasteiger partial charge in [-0.2, -0.15) is 0 Å². The molecule has 0 bridgehead atoms. The first-order chi connectivity index (χ1) is 11.0. The van der Waals surface area contributed by atoms with E-state index in [1.54, 1.807) is 31.5 Å². The lowest BCUT2D eigenvalue weighted by Gasteiger charge is -2.05. The van der Waals surface area contributed by atoms with E-state index in [0.717, 1.165) is 6.07 Å². The molecule has 114 valence electrons. The Balaban J connectivity index is 1.96. The fourth-order valence-electron chi connectivity index (χ4n) is 2.07. The SMILES string of the molecule is Cc1nc(C#Cc2ccnc(Cl)c2)cn1-c1ccc(F)cc1F. The molecule has 0 unspecified atom stereocenters. The Labute approximate surface area is 136 Å². The molecular weight excluding hydrogens is 320 g/mol. The van der Waals surface area contributed by atoms with Gasteiger partial charge in [-0.1, -0.05) is 17.5 Å². The molecule has 23 heavy (non-hydrogen) atoms. The zero-order valence-corrected chi connectivity index (χ0v) is 12.8. The van der Waals surface area contributed by atoms with Gasteiger partial charge in [-0.25, -0.2) is 18.7 Å². The number of imidazole rings is 1. The smallest absolute Gasteiger partial charge is 0.150 e. The first kappa shape index (κ1) is 15.2. The van der Waals surface area contributed by atoms with E-state index in [1.165, 1.54) is 16.7 Å². The summed E-state index contributed by atoms with van der Waals surface area (Å²) in [5, 5.41) is 0.354. The number of halogens is 3. The predicted octanol–water partition coefficient (Wildman–Crippen LogP) is 3.91. The maximum atomic E-state index is 13.9. The number of benzene rings is 1. The standard InChI is InChI=1S/C17H10ClF2N3/c1-11-22-14(4-2-12-6-7-21-17(18)8-12)10-23(11)16-5-3-13(19)9-15(16)20/h3,5-10H,1H3. The summed E-state index contributed by atoms with van der Waals surface area (Å²) in [6, 6.07) is 6.75. The number of aryl methyl sites for hydroxylation is 1. The molecule has 1 aromatic carbocycles. The molecule has 0 atom stereocenters. The van der Waals surface area contributed by atoms with Crippen molar-refractivity contribution in [1.29, 1.82) is 0 Å². The van der Waals surface area contributed by atoms with E-state index in [2.05, 4.69) is 21.8 Å². The van der Waals surface area contributed by atoms with Crippen molar-refractivity contribution in [3.8, 4) is 17.5 Å². The summed E-state index contributed by atoms with van der Waals surface area (Å²) < 4.78 is 28.4. The van der Waals surface area contributed by atoms with Crippen LogP contribution in [0.3, 0.4) is 0 Å². The zero-order valence-electron chi connectivity index (χ0n) is 12.0. The number of rotatable bonds is 1. The topological polar surface area (TPSA) is 30.7 Å². The van der Waals surface area contributed by atoms with E-state index in [4.69, 9.17) is 11.6 Å². The number of hydrogen-bond acceptors (Lipinski definition) is 2. The first-order valence-electron chi connectivity index (χ1n) is 6.68. The van der Waals surface area contributed by atoms with Crippen LogP contribution in [0.1, 0.15) is 17.1 Å². The van der Waals surface area contributed by atoms with Gasteiger partial charge in [-0.15, -0.1) is 0 Å². The monoisotopic (exact) mass is 329 g/mol. The van der Waals surface area contributed by atoms with Crippen LogP contribution in [-0.4, -0.2) is 14.5 Å². The van der Waals surface area contributed by atoms with E-state index >= 15 is 0 Å². The van der Waals surface area contributed by atoms with Crippen molar-refractivity contribution in [3.63, 3.8) is 0 Å². The summed E-state index contributed by atoms with van der Waals surface area (Å²) in [7, 11) is 0. The molecule has 0 spiro atoms. The van der Waals surface area contributed by atoms with E-state index in [1.807, 2.05) is 0 Å². The Morgan fingerprint density at radius 1 is 1.13 bits per heavy atom. The lowest BCUT2D eigenvalue weighted by Crippen LogP contribution is -1.99. The van der Waals surface area contributed by atoms with Crippen molar-refractivity contribution in [2.75, 3.05) is 0 Å². The molecular formula is C17H10ClF2N3. The highest BCUT2D eigenvalue weighted by molar-refractivity contribution is 6.29. The van der Waals surface area contributed by atoms with Crippen molar-refractivity contribution < 1.29 is 8.78 Å². The van der Waals surface area contributed by atoms with Gasteiger partial charge in [0.15, 0.2) is 0 Å². The van der Waals surface area contributed by atoms with Crippen LogP contribution in [0.5, 0.6) is 0 Å². The normalized spacial score (nSPS) is 10.3. The third-order valence-corrected chi connectivity index (χ3v) is 3.32. The zero-order chi connectivity index (χ0) is 16.4. The van der Waals surface area contributed by atoms with Gasteiger partial charge in [-0.3, -0.25) is 4.57 Å². The molecule has 2 heterocycles. The quantitative estimate of drug-likeness (QED) is 0.500. The largest absolute Gasteiger partial charge is 0.300 e. The summed E-state index contributed by atoms with van der Waals surface area (Å²) in [5.41, 5.74) is 1.39. The van der Waals surface area contributed by atoms with Crippen molar-refractivity contribution in [2.45, 2.75) is 6.92 Å². The van der Waals surface area contributed by atoms with E-state index in [0.29, 0.717) is 22.2 Å². The van der Waals surface area contributed by atoms with Crippen LogP contribution >= 0.6 is 11.6 Å². The van der Waals surface area contributed by atoms with Gasteiger partial charge in [-0.05, 0) is 37.1 Å². The Kier molecular flexibility index (Phi) is 4.09. The molecule has 0 saturated carbocycles. The summed E-state index contributed by atoms with van der Waals surface area (Å²) in [6.07, 6.45) is 3.16. The average Bonchev–Trinajstić information content (AvgIpc) is 2.86. The van der Waals surface area contributed by atoms with E-state index in [-0.39, 0.29) is 5.69 Å². The summed E-state index contributed by atoms with van der Waals surface area (Å²) in [5.74, 6) is 5.06.